The van der Waals surface area contributed by atoms with E-state index >= 15 is 0 Å². The average molecular weight is 306 g/mol. The number of anilines is 1. The number of nitrogens with one attached hydrogen (secondary N) is 1. The second-order valence-corrected chi connectivity index (χ2v) is 5.05. The fraction of sp³-hybridized carbons (Fsp3) is 0.0769. The van der Waals surface area contributed by atoms with Crippen molar-refractivity contribution in [2.75, 3.05) is 5.32 Å². The highest BCUT2D eigenvalue weighted by molar-refractivity contribution is 7.13. The van der Waals surface area contributed by atoms with Crippen LogP contribution in [0.15, 0.2) is 35.7 Å². The number of benzene rings is 1. The van der Waals surface area contributed by atoms with E-state index in [-0.39, 0.29) is 17.0 Å². The number of hydrogen-bond acceptors (Lipinski definition) is 5. The number of hydrogen-bond donors (Lipinski definition) is 2. The van der Waals surface area contributed by atoms with E-state index in [1.807, 2.05) is 0 Å². The fourth-order valence-electron chi connectivity index (χ4n) is 1.68. The zero-order valence-electron chi connectivity index (χ0n) is 10.6. The molecule has 21 heavy (non-hydrogen) atoms. The quantitative estimate of drug-likeness (QED) is 0.651. The maximum absolute atomic E-state index is 11.9. The highest BCUT2D eigenvalue weighted by Crippen LogP contribution is 2.23. The van der Waals surface area contributed by atoms with Crippen LogP contribution in [0.1, 0.15) is 15.9 Å². The molecule has 0 atom stereocenters. The number of rotatable bonds is 5. The lowest BCUT2D eigenvalue weighted by molar-refractivity contribution is -0.380. The molecular formula is C13H10N2O5S. The SMILES string of the molecule is O=C(O)Cc1cccc(NC(=O)c2csc([N+](=O)[O-])c2)c1. The molecule has 0 saturated carbocycles. The maximum atomic E-state index is 11.9. The monoisotopic (exact) mass is 306 g/mol. The van der Waals surface area contributed by atoms with Crippen LogP contribution in [0.2, 0.25) is 0 Å². The molecule has 1 aromatic heterocycles. The molecule has 0 radical (unpaired) electrons. The van der Waals surface area contributed by atoms with Crippen LogP contribution in [0, 0.1) is 10.1 Å². The number of carbonyl (C=O) groups excluding carboxylic acids is 1. The molecular weight excluding hydrogens is 296 g/mol. The summed E-state index contributed by atoms with van der Waals surface area (Å²) in [6.07, 6.45) is -0.145. The van der Waals surface area contributed by atoms with Crippen molar-refractivity contribution in [3.8, 4) is 0 Å². The van der Waals surface area contributed by atoms with E-state index in [0.717, 1.165) is 11.3 Å². The van der Waals surface area contributed by atoms with Crippen LogP contribution in [-0.4, -0.2) is 21.9 Å². The molecule has 2 aromatic rings. The Balaban J connectivity index is 2.11. The zero-order chi connectivity index (χ0) is 15.4. The molecule has 0 spiro atoms. The zero-order valence-corrected chi connectivity index (χ0v) is 11.4. The molecule has 2 rings (SSSR count). The van der Waals surface area contributed by atoms with Crippen molar-refractivity contribution in [1.29, 1.82) is 0 Å². The Kier molecular flexibility index (Phi) is 4.29. The van der Waals surface area contributed by atoms with Gasteiger partial charge in [0, 0.05) is 17.1 Å². The minimum absolute atomic E-state index is 0.111. The Bertz CT molecular complexity index is 710. The third-order valence-electron chi connectivity index (χ3n) is 2.57. The summed E-state index contributed by atoms with van der Waals surface area (Å²) in [7, 11) is 0. The van der Waals surface area contributed by atoms with E-state index in [0.29, 0.717) is 11.3 Å². The summed E-state index contributed by atoms with van der Waals surface area (Å²) in [5.41, 5.74) is 1.18. The van der Waals surface area contributed by atoms with Crippen molar-refractivity contribution in [3.63, 3.8) is 0 Å². The van der Waals surface area contributed by atoms with Gasteiger partial charge in [0.2, 0.25) is 0 Å². The fourth-order valence-corrected chi connectivity index (χ4v) is 2.38. The Morgan fingerprint density at radius 1 is 1.33 bits per heavy atom. The van der Waals surface area contributed by atoms with Gasteiger partial charge in [-0.05, 0) is 17.7 Å². The van der Waals surface area contributed by atoms with Crippen LogP contribution in [0.5, 0.6) is 0 Å². The molecule has 1 heterocycles. The van der Waals surface area contributed by atoms with Gasteiger partial charge in [0.05, 0.1) is 16.9 Å². The van der Waals surface area contributed by atoms with Crippen LogP contribution in [-0.2, 0) is 11.2 Å². The van der Waals surface area contributed by atoms with Crippen molar-refractivity contribution in [1.82, 2.24) is 0 Å². The Morgan fingerprint density at radius 2 is 2.10 bits per heavy atom. The van der Waals surface area contributed by atoms with Gasteiger partial charge in [-0.1, -0.05) is 23.5 Å². The van der Waals surface area contributed by atoms with Crippen molar-refractivity contribution in [3.05, 3.63) is 57.0 Å². The van der Waals surface area contributed by atoms with Gasteiger partial charge in [0.15, 0.2) is 0 Å². The summed E-state index contributed by atoms with van der Waals surface area (Å²) in [5.74, 6) is -1.45. The predicted molar refractivity (Wildman–Crippen MR) is 76.7 cm³/mol. The Morgan fingerprint density at radius 3 is 2.71 bits per heavy atom. The molecule has 2 N–H and O–H groups in total. The topological polar surface area (TPSA) is 110 Å². The van der Waals surface area contributed by atoms with Gasteiger partial charge in [-0.25, -0.2) is 0 Å². The summed E-state index contributed by atoms with van der Waals surface area (Å²) in [6, 6.07) is 7.63. The molecule has 1 amide bonds. The smallest absolute Gasteiger partial charge is 0.324 e. The number of carboxylic acid groups (broad SMARTS) is 1. The first-order valence-corrected chi connectivity index (χ1v) is 6.68. The molecule has 8 heteroatoms. The molecule has 0 saturated heterocycles. The van der Waals surface area contributed by atoms with E-state index in [2.05, 4.69) is 5.32 Å². The van der Waals surface area contributed by atoms with Gasteiger partial charge in [0.25, 0.3) is 5.91 Å². The lowest BCUT2D eigenvalue weighted by Crippen LogP contribution is -2.11. The van der Waals surface area contributed by atoms with Crippen molar-refractivity contribution < 1.29 is 19.6 Å². The molecule has 7 nitrogen and oxygen atoms in total. The number of thiophene rings is 1. The van der Waals surface area contributed by atoms with Gasteiger partial charge in [-0.15, -0.1) is 0 Å². The number of nitrogens with zero attached hydrogens (tertiary/aromatic N) is 1. The van der Waals surface area contributed by atoms with Crippen LogP contribution in [0.25, 0.3) is 0 Å². The summed E-state index contributed by atoms with van der Waals surface area (Å²) < 4.78 is 0. The summed E-state index contributed by atoms with van der Waals surface area (Å²) in [5, 5.41) is 23.2. The highest BCUT2D eigenvalue weighted by atomic mass is 32.1. The summed E-state index contributed by atoms with van der Waals surface area (Å²) in [6.45, 7) is 0. The van der Waals surface area contributed by atoms with E-state index in [1.54, 1.807) is 24.3 Å². The van der Waals surface area contributed by atoms with E-state index < -0.39 is 16.8 Å². The number of aliphatic carboxylic acids is 1. The van der Waals surface area contributed by atoms with Crippen molar-refractivity contribution >= 4 is 33.9 Å². The van der Waals surface area contributed by atoms with Gasteiger partial charge in [-0.3, -0.25) is 19.7 Å². The normalized spacial score (nSPS) is 10.1. The second-order valence-electron chi connectivity index (χ2n) is 4.16. The number of amides is 1. The molecule has 0 fully saturated rings. The summed E-state index contributed by atoms with van der Waals surface area (Å²) in [4.78, 5) is 32.6. The lowest BCUT2D eigenvalue weighted by atomic mass is 10.1. The van der Waals surface area contributed by atoms with Crippen molar-refractivity contribution in [2.45, 2.75) is 6.42 Å². The second kappa shape index (κ2) is 6.14. The minimum Gasteiger partial charge on any atom is -0.481 e. The molecule has 0 unspecified atom stereocenters. The first kappa shape index (κ1) is 14.7. The van der Waals surface area contributed by atoms with Gasteiger partial charge in [-0.2, -0.15) is 0 Å². The third-order valence-corrected chi connectivity index (χ3v) is 3.45. The Labute approximate surface area is 123 Å². The van der Waals surface area contributed by atoms with Crippen LogP contribution in [0.3, 0.4) is 0 Å². The largest absolute Gasteiger partial charge is 0.481 e. The van der Waals surface area contributed by atoms with Gasteiger partial charge in [0.1, 0.15) is 0 Å². The lowest BCUT2D eigenvalue weighted by Gasteiger charge is -2.05. The van der Waals surface area contributed by atoms with Crippen molar-refractivity contribution in [2.24, 2.45) is 0 Å². The van der Waals surface area contributed by atoms with E-state index in [9.17, 15) is 19.7 Å². The molecule has 0 aliphatic carbocycles. The van der Waals surface area contributed by atoms with Gasteiger partial charge < -0.3 is 10.4 Å². The predicted octanol–water partition coefficient (Wildman–Crippen LogP) is 2.54. The highest BCUT2D eigenvalue weighted by Gasteiger charge is 2.15. The van der Waals surface area contributed by atoms with E-state index in [1.165, 1.54) is 11.4 Å². The molecule has 108 valence electrons. The molecule has 0 aliphatic heterocycles. The molecule has 0 bridgehead atoms. The average Bonchev–Trinajstić information content (AvgIpc) is 2.88. The Hall–Kier alpha value is -2.74. The van der Waals surface area contributed by atoms with Gasteiger partial charge >= 0.3 is 11.0 Å². The first-order chi connectivity index (χ1) is 9.95. The van der Waals surface area contributed by atoms with Crippen LogP contribution in [0.4, 0.5) is 10.7 Å². The minimum atomic E-state index is -0.966. The molecule has 0 aliphatic rings. The van der Waals surface area contributed by atoms with Crippen LogP contribution >= 0.6 is 11.3 Å². The molecule has 1 aromatic carbocycles. The first-order valence-electron chi connectivity index (χ1n) is 5.80. The standard InChI is InChI=1S/C13H10N2O5S/c16-12(17)5-8-2-1-3-10(4-8)14-13(18)9-6-11(15(19)20)21-7-9/h1-4,6-7H,5H2,(H,14,18)(H,16,17). The summed E-state index contributed by atoms with van der Waals surface area (Å²) >= 11 is 0.870. The van der Waals surface area contributed by atoms with E-state index in [4.69, 9.17) is 5.11 Å². The maximum Gasteiger partial charge on any atom is 0.324 e. The number of nitro groups is 1. The number of carbonyl (C=O) groups is 2. The third kappa shape index (κ3) is 3.86. The number of carboxylic acids is 1. The van der Waals surface area contributed by atoms with Crippen LogP contribution < -0.4 is 5.32 Å².